The van der Waals surface area contributed by atoms with E-state index in [1.807, 2.05) is 57.4 Å². The molecule has 0 bridgehead atoms. The number of anilines is 2. The van der Waals surface area contributed by atoms with Crippen LogP contribution in [0.4, 0.5) is 11.4 Å². The summed E-state index contributed by atoms with van der Waals surface area (Å²) in [4.78, 5) is 15.4. The molecule has 40 heavy (non-hydrogen) atoms. The Morgan fingerprint density at radius 2 is 1.93 bits per heavy atom. The molecule has 4 aliphatic rings. The van der Waals surface area contributed by atoms with Gasteiger partial charge in [-0.25, -0.2) is 8.42 Å². The van der Waals surface area contributed by atoms with Gasteiger partial charge in [-0.15, -0.1) is 0 Å². The molecule has 8 heteroatoms. The van der Waals surface area contributed by atoms with Gasteiger partial charge in [-0.1, -0.05) is 43.3 Å². The van der Waals surface area contributed by atoms with E-state index in [1.165, 1.54) is 0 Å². The second-order valence-electron chi connectivity index (χ2n) is 10.7. The fourth-order valence-corrected chi connectivity index (χ4v) is 6.23. The van der Waals surface area contributed by atoms with E-state index in [4.69, 9.17) is 4.74 Å². The molecule has 1 aliphatic heterocycles. The first kappa shape index (κ1) is 27.7. The number of hydrogen-bond acceptors (Lipinski definition) is 5. The van der Waals surface area contributed by atoms with E-state index >= 15 is 0 Å². The number of aryl methyl sites for hydroxylation is 1. The van der Waals surface area contributed by atoms with Crippen LogP contribution in [-0.2, 0) is 14.8 Å². The third kappa shape index (κ3) is 5.83. The van der Waals surface area contributed by atoms with Gasteiger partial charge < -0.3 is 15.0 Å². The Balaban J connectivity index is 1.40. The summed E-state index contributed by atoms with van der Waals surface area (Å²) in [6.07, 6.45) is 8.76. The van der Waals surface area contributed by atoms with Crippen LogP contribution in [-0.4, -0.2) is 46.5 Å². The van der Waals surface area contributed by atoms with E-state index in [9.17, 15) is 13.2 Å². The lowest BCUT2D eigenvalue weighted by atomic mass is 10.0. The van der Waals surface area contributed by atoms with Crippen LogP contribution in [0.1, 0.15) is 36.5 Å². The van der Waals surface area contributed by atoms with Gasteiger partial charge in [-0.3, -0.25) is 9.52 Å². The molecule has 2 N–H and O–H groups in total. The SMILES string of the molecule is Cc1cc(C=C2C(=O)Nc3cc(NS(=O)(=O)C4=CCC(C)C=C4)ccc32)c2ccccc(OCCCN(C)C)c1-2. The molecule has 0 radical (unpaired) electrons. The second-order valence-corrected chi connectivity index (χ2v) is 12.4. The van der Waals surface area contributed by atoms with Gasteiger partial charge in [0.1, 0.15) is 5.75 Å². The minimum atomic E-state index is -3.72. The van der Waals surface area contributed by atoms with Crippen molar-refractivity contribution in [3.05, 3.63) is 88.4 Å². The van der Waals surface area contributed by atoms with Crippen LogP contribution in [0.15, 0.2) is 71.7 Å². The molecule has 0 saturated carbocycles. The lowest BCUT2D eigenvalue weighted by molar-refractivity contribution is -0.110. The maximum atomic E-state index is 13.0. The average molecular weight is 558 g/mol. The molecule has 3 aliphatic carbocycles. The smallest absolute Gasteiger partial charge is 0.261 e. The van der Waals surface area contributed by atoms with E-state index in [1.54, 1.807) is 30.4 Å². The van der Waals surface area contributed by atoms with Crippen LogP contribution >= 0.6 is 0 Å². The summed E-state index contributed by atoms with van der Waals surface area (Å²) < 4.78 is 34.6. The van der Waals surface area contributed by atoms with Gasteiger partial charge in [0.2, 0.25) is 0 Å². The van der Waals surface area contributed by atoms with Crippen molar-refractivity contribution in [2.75, 3.05) is 37.3 Å². The van der Waals surface area contributed by atoms with Gasteiger partial charge in [0.15, 0.2) is 0 Å². The van der Waals surface area contributed by atoms with E-state index < -0.39 is 10.0 Å². The Kier molecular flexibility index (Phi) is 7.83. The maximum Gasteiger partial charge on any atom is 0.261 e. The van der Waals surface area contributed by atoms with Crippen molar-refractivity contribution >= 4 is 39.0 Å². The van der Waals surface area contributed by atoms with Crippen molar-refractivity contribution < 1.29 is 17.9 Å². The molecule has 0 spiro atoms. The van der Waals surface area contributed by atoms with Gasteiger partial charge in [0, 0.05) is 23.2 Å². The largest absolute Gasteiger partial charge is 0.493 e. The summed E-state index contributed by atoms with van der Waals surface area (Å²) in [6, 6.07) is 15.2. The van der Waals surface area contributed by atoms with Crippen LogP contribution in [0.25, 0.3) is 22.8 Å². The number of sulfonamides is 1. The third-order valence-corrected chi connectivity index (χ3v) is 8.59. The molecule has 5 rings (SSSR count). The summed E-state index contributed by atoms with van der Waals surface area (Å²) in [7, 11) is 0.379. The highest BCUT2D eigenvalue weighted by atomic mass is 32.2. The molecule has 1 amide bonds. The predicted molar refractivity (Wildman–Crippen MR) is 163 cm³/mol. The van der Waals surface area contributed by atoms with Crippen molar-refractivity contribution in [2.24, 2.45) is 5.92 Å². The molecule has 1 heterocycles. The van der Waals surface area contributed by atoms with E-state index in [2.05, 4.69) is 27.9 Å². The molecular formula is C32H35N3O4S. The highest BCUT2D eigenvalue weighted by Crippen LogP contribution is 2.42. The normalized spacial score (nSPS) is 17.7. The number of hydrogen-bond donors (Lipinski definition) is 2. The number of allylic oxidation sites excluding steroid dienone is 3. The highest BCUT2D eigenvalue weighted by Gasteiger charge is 2.27. The molecule has 7 nitrogen and oxygen atoms in total. The first-order valence-corrected chi connectivity index (χ1v) is 15.0. The first-order valence-electron chi connectivity index (χ1n) is 13.5. The number of carbonyl (C=O) groups excluding carboxylic acids is 1. The topological polar surface area (TPSA) is 87.7 Å². The monoisotopic (exact) mass is 557 g/mol. The average Bonchev–Trinajstić information content (AvgIpc) is 3.27. The zero-order valence-electron chi connectivity index (χ0n) is 23.3. The number of ether oxygens (including phenoxy) is 1. The summed E-state index contributed by atoms with van der Waals surface area (Å²) in [5.41, 5.74) is 6.26. The van der Waals surface area contributed by atoms with Crippen molar-refractivity contribution in [1.29, 1.82) is 0 Å². The lowest BCUT2D eigenvalue weighted by Crippen LogP contribution is -2.15. The Bertz CT molecular complexity index is 1620. The zero-order valence-corrected chi connectivity index (χ0v) is 24.1. The van der Waals surface area contributed by atoms with Crippen LogP contribution in [0.2, 0.25) is 0 Å². The summed E-state index contributed by atoms with van der Waals surface area (Å²) >= 11 is 0. The molecule has 1 unspecified atom stereocenters. The maximum absolute atomic E-state index is 13.0. The summed E-state index contributed by atoms with van der Waals surface area (Å²) in [5, 5.41) is 2.90. The van der Waals surface area contributed by atoms with Gasteiger partial charge >= 0.3 is 0 Å². The number of benzene rings is 1. The van der Waals surface area contributed by atoms with E-state index in [0.29, 0.717) is 35.9 Å². The Morgan fingerprint density at radius 3 is 2.67 bits per heavy atom. The van der Waals surface area contributed by atoms with Crippen LogP contribution in [0.5, 0.6) is 5.75 Å². The van der Waals surface area contributed by atoms with Crippen molar-refractivity contribution in [2.45, 2.75) is 26.7 Å². The highest BCUT2D eigenvalue weighted by molar-refractivity contribution is 7.96. The van der Waals surface area contributed by atoms with E-state index in [0.717, 1.165) is 46.5 Å². The number of rotatable bonds is 9. The Labute approximate surface area is 236 Å². The molecule has 0 saturated heterocycles. The van der Waals surface area contributed by atoms with Gasteiger partial charge in [0.25, 0.3) is 15.9 Å². The van der Waals surface area contributed by atoms with Crippen LogP contribution in [0, 0.1) is 12.8 Å². The Hall–Kier alpha value is -3.88. The van der Waals surface area contributed by atoms with Crippen LogP contribution in [0.3, 0.4) is 0 Å². The quantitative estimate of drug-likeness (QED) is 0.244. The Morgan fingerprint density at radius 1 is 1.12 bits per heavy atom. The summed E-state index contributed by atoms with van der Waals surface area (Å²) in [6.45, 7) is 5.66. The molecule has 0 aromatic heterocycles. The second kappa shape index (κ2) is 11.3. The lowest BCUT2D eigenvalue weighted by Gasteiger charge is -2.14. The van der Waals surface area contributed by atoms with Crippen molar-refractivity contribution in [3.8, 4) is 16.9 Å². The molecular weight excluding hydrogens is 522 g/mol. The zero-order chi connectivity index (χ0) is 28.4. The molecule has 1 aromatic rings. The van der Waals surface area contributed by atoms with Crippen molar-refractivity contribution in [3.63, 3.8) is 0 Å². The number of carbonyl (C=O) groups is 1. The van der Waals surface area contributed by atoms with E-state index in [-0.39, 0.29) is 10.8 Å². The van der Waals surface area contributed by atoms with Crippen LogP contribution < -0.4 is 14.8 Å². The number of nitrogens with zero attached hydrogens (tertiary/aromatic N) is 1. The van der Waals surface area contributed by atoms with Gasteiger partial charge in [0.05, 0.1) is 22.9 Å². The number of amides is 1. The standard InChI is InChI=1S/C32H35N3O4S/c1-21-10-13-25(14-11-21)40(37,38)34-24-12-15-27-28(32(36)33-29(27)20-24)19-23-18-22(2)31-26(23)8-5-6-9-30(31)39-17-7-16-35(3)4/h5-6,8-10,12-15,18-21,34H,7,11,16-17H2,1-4H3,(H,33,36). The first-order chi connectivity index (χ1) is 19.1. The number of fused-ring (bicyclic) bond motifs is 2. The van der Waals surface area contributed by atoms with Gasteiger partial charge in [-0.05, 0) is 92.9 Å². The fraction of sp³-hybridized carbons (Fsp3) is 0.281. The summed E-state index contributed by atoms with van der Waals surface area (Å²) in [5.74, 6) is 0.915. The minimum absolute atomic E-state index is 0.227. The molecule has 1 atom stereocenters. The number of nitrogens with one attached hydrogen (secondary N) is 2. The third-order valence-electron chi connectivity index (χ3n) is 7.17. The minimum Gasteiger partial charge on any atom is -0.493 e. The van der Waals surface area contributed by atoms with Gasteiger partial charge in [-0.2, -0.15) is 0 Å². The molecule has 208 valence electrons. The predicted octanol–water partition coefficient (Wildman–Crippen LogP) is 6.14. The van der Waals surface area contributed by atoms with Crippen molar-refractivity contribution in [1.82, 2.24) is 4.90 Å². The molecule has 1 aromatic carbocycles. The fourth-order valence-electron chi connectivity index (χ4n) is 5.11. The molecule has 0 fully saturated rings.